The number of benzene rings is 3. The van der Waals surface area contributed by atoms with Crippen molar-refractivity contribution in [3.8, 4) is 0 Å². The van der Waals surface area contributed by atoms with Gasteiger partial charge in [-0.2, -0.15) is 0 Å². The van der Waals surface area contributed by atoms with E-state index in [1.54, 1.807) is 30.3 Å². The smallest absolute Gasteiger partial charge is 0.178 e. The lowest BCUT2D eigenvalue weighted by Crippen LogP contribution is -2.09. The normalized spacial score (nSPS) is 23.1. The van der Waals surface area contributed by atoms with E-state index in [1.807, 2.05) is 6.92 Å². The van der Waals surface area contributed by atoms with Crippen molar-refractivity contribution in [3.63, 3.8) is 0 Å². The largest absolute Gasteiger partial charge is 0.327 e. The molecule has 34 heavy (non-hydrogen) atoms. The van der Waals surface area contributed by atoms with Gasteiger partial charge in [-0.3, -0.25) is 0 Å². The van der Waals surface area contributed by atoms with Crippen LogP contribution in [0.4, 0.5) is 17.6 Å². The Bertz CT molecular complexity index is 1290. The van der Waals surface area contributed by atoms with E-state index in [4.69, 9.17) is 5.73 Å². The van der Waals surface area contributed by atoms with Crippen molar-refractivity contribution in [2.45, 2.75) is 42.5 Å². The third kappa shape index (κ3) is 5.67. The highest BCUT2D eigenvalue weighted by molar-refractivity contribution is 7.91. The Balaban J connectivity index is 0.000000192. The summed E-state index contributed by atoms with van der Waals surface area (Å²) in [7, 11) is -3.34. The fraction of sp³-hybridized carbons (Fsp3) is 0.308. The van der Waals surface area contributed by atoms with E-state index in [-0.39, 0.29) is 29.5 Å². The molecule has 0 aliphatic heterocycles. The highest BCUT2D eigenvalue weighted by Gasteiger charge is 2.41. The second kappa shape index (κ2) is 9.50. The lowest BCUT2D eigenvalue weighted by molar-refractivity contribution is 0.507. The average Bonchev–Trinajstić information content (AvgIpc) is 3.70. The zero-order valence-corrected chi connectivity index (χ0v) is 19.3. The van der Waals surface area contributed by atoms with Gasteiger partial charge in [0.15, 0.2) is 33.1 Å². The molecular weight excluding hydrogens is 466 g/mol. The molecule has 3 aromatic rings. The molecule has 0 saturated heterocycles. The number of rotatable bonds is 5. The Kier molecular flexibility index (Phi) is 6.82. The summed E-state index contributed by atoms with van der Waals surface area (Å²) in [6.45, 7) is 1.90. The van der Waals surface area contributed by atoms with E-state index in [1.165, 1.54) is 18.2 Å². The van der Waals surface area contributed by atoms with E-state index in [9.17, 15) is 26.0 Å². The third-order valence-electron chi connectivity index (χ3n) is 6.32. The molecule has 3 aromatic carbocycles. The van der Waals surface area contributed by atoms with E-state index >= 15 is 0 Å². The molecule has 4 atom stereocenters. The minimum Gasteiger partial charge on any atom is -0.327 e. The second-order valence-electron chi connectivity index (χ2n) is 9.05. The zero-order valence-electron chi connectivity index (χ0n) is 18.5. The van der Waals surface area contributed by atoms with E-state index in [0.717, 1.165) is 29.7 Å². The predicted octanol–water partition coefficient (Wildman–Crippen LogP) is 5.63. The molecule has 0 aromatic heterocycles. The molecule has 3 nitrogen and oxygen atoms in total. The second-order valence-corrected chi connectivity index (χ2v) is 11.1. The van der Waals surface area contributed by atoms with Crippen LogP contribution in [0, 0.1) is 36.1 Å². The van der Waals surface area contributed by atoms with Crippen LogP contribution in [-0.4, -0.2) is 20.2 Å². The SMILES string of the molecule is Cc1ccc(S(=O)(=O)C[C@@H]2C[C@H]2c2ccc(F)c(F)c2)cc1.N[C@@H]1C[C@H]1c1ccc(F)c(F)c1. The summed E-state index contributed by atoms with van der Waals surface area (Å²) in [5.74, 6) is -3.11. The minimum absolute atomic E-state index is 0.00433. The van der Waals surface area contributed by atoms with Gasteiger partial charge in [-0.25, -0.2) is 26.0 Å². The van der Waals surface area contributed by atoms with Crippen molar-refractivity contribution in [1.82, 2.24) is 0 Å². The zero-order chi connectivity index (χ0) is 24.6. The predicted molar refractivity (Wildman–Crippen MR) is 122 cm³/mol. The van der Waals surface area contributed by atoms with Gasteiger partial charge < -0.3 is 5.73 Å². The van der Waals surface area contributed by atoms with Crippen LogP contribution >= 0.6 is 0 Å². The van der Waals surface area contributed by atoms with Gasteiger partial charge in [0, 0.05) is 12.0 Å². The number of aryl methyl sites for hydroxylation is 1. The molecule has 8 heteroatoms. The van der Waals surface area contributed by atoms with Crippen LogP contribution in [0.1, 0.15) is 41.4 Å². The molecule has 5 rings (SSSR count). The van der Waals surface area contributed by atoms with Crippen LogP contribution in [0.5, 0.6) is 0 Å². The van der Waals surface area contributed by atoms with Crippen molar-refractivity contribution >= 4 is 9.84 Å². The monoisotopic (exact) mass is 491 g/mol. The molecular formula is C26H25F4NO2S. The third-order valence-corrected chi connectivity index (χ3v) is 8.18. The Hall–Kier alpha value is -2.71. The minimum atomic E-state index is -3.34. The molecule has 0 spiro atoms. The van der Waals surface area contributed by atoms with Crippen LogP contribution in [-0.2, 0) is 9.84 Å². The van der Waals surface area contributed by atoms with Crippen molar-refractivity contribution in [1.29, 1.82) is 0 Å². The summed E-state index contributed by atoms with van der Waals surface area (Å²) in [6, 6.07) is 14.7. The van der Waals surface area contributed by atoms with Gasteiger partial charge in [0.1, 0.15) is 0 Å². The molecule has 0 bridgehead atoms. The summed E-state index contributed by atoms with van der Waals surface area (Å²) in [5, 5.41) is 0. The van der Waals surface area contributed by atoms with Crippen LogP contribution in [0.15, 0.2) is 65.6 Å². The van der Waals surface area contributed by atoms with E-state index < -0.39 is 33.1 Å². The summed E-state index contributed by atoms with van der Waals surface area (Å²) in [5.41, 5.74) is 8.05. The molecule has 2 N–H and O–H groups in total. The van der Waals surface area contributed by atoms with Crippen LogP contribution in [0.25, 0.3) is 0 Å². The summed E-state index contributed by atoms with van der Waals surface area (Å²) >= 11 is 0. The number of hydrogen-bond acceptors (Lipinski definition) is 3. The van der Waals surface area contributed by atoms with Crippen molar-refractivity contribution in [2.75, 3.05) is 5.75 Å². The van der Waals surface area contributed by atoms with Gasteiger partial charge in [-0.05, 0) is 79.1 Å². The van der Waals surface area contributed by atoms with Crippen LogP contribution in [0.2, 0.25) is 0 Å². The van der Waals surface area contributed by atoms with Crippen molar-refractivity contribution in [3.05, 3.63) is 101 Å². The molecule has 0 unspecified atom stereocenters. The summed E-state index contributed by atoms with van der Waals surface area (Å²) < 4.78 is 76.0. The van der Waals surface area contributed by atoms with Crippen molar-refractivity contribution < 1.29 is 26.0 Å². The first-order valence-electron chi connectivity index (χ1n) is 11.0. The van der Waals surface area contributed by atoms with Crippen molar-refractivity contribution in [2.24, 2.45) is 11.7 Å². The maximum Gasteiger partial charge on any atom is 0.178 e. The molecule has 180 valence electrons. The maximum atomic E-state index is 13.2. The molecule has 2 aliphatic rings. The van der Waals surface area contributed by atoms with E-state index in [2.05, 4.69) is 0 Å². The molecule has 2 aliphatic carbocycles. The number of halogens is 4. The quantitative estimate of drug-likeness (QED) is 0.471. The lowest BCUT2D eigenvalue weighted by atomic mass is 10.1. The average molecular weight is 492 g/mol. The number of hydrogen-bond donors (Lipinski definition) is 1. The maximum absolute atomic E-state index is 13.2. The topological polar surface area (TPSA) is 60.2 Å². The Morgan fingerprint density at radius 2 is 1.26 bits per heavy atom. The number of nitrogens with two attached hydrogens (primary N) is 1. The first-order chi connectivity index (χ1) is 16.0. The molecule has 0 amide bonds. The van der Waals surface area contributed by atoms with Gasteiger partial charge in [0.05, 0.1) is 10.6 Å². The summed E-state index contributed by atoms with van der Waals surface area (Å²) in [4.78, 5) is 0.314. The molecule has 2 saturated carbocycles. The number of sulfone groups is 1. The Labute approximate surface area is 196 Å². The van der Waals surface area contributed by atoms with Gasteiger partial charge in [-0.15, -0.1) is 0 Å². The lowest BCUT2D eigenvalue weighted by Gasteiger charge is -2.05. The Morgan fingerprint density at radius 1 is 0.765 bits per heavy atom. The molecule has 0 radical (unpaired) electrons. The molecule has 0 heterocycles. The highest BCUT2D eigenvalue weighted by atomic mass is 32.2. The molecule has 2 fully saturated rings. The first-order valence-corrected chi connectivity index (χ1v) is 12.7. The Morgan fingerprint density at radius 3 is 1.74 bits per heavy atom. The van der Waals surface area contributed by atoms with Crippen LogP contribution < -0.4 is 5.73 Å². The van der Waals surface area contributed by atoms with E-state index in [0.29, 0.717) is 16.9 Å². The summed E-state index contributed by atoms with van der Waals surface area (Å²) in [6.07, 6.45) is 1.57. The fourth-order valence-corrected chi connectivity index (χ4v) is 5.72. The van der Waals surface area contributed by atoms with Gasteiger partial charge in [-0.1, -0.05) is 29.8 Å². The van der Waals surface area contributed by atoms with Crippen LogP contribution in [0.3, 0.4) is 0 Å². The fourth-order valence-electron chi connectivity index (χ4n) is 4.05. The van der Waals surface area contributed by atoms with Gasteiger partial charge in [0.25, 0.3) is 0 Å². The highest BCUT2D eigenvalue weighted by Crippen LogP contribution is 2.48. The van der Waals surface area contributed by atoms with Gasteiger partial charge in [0.2, 0.25) is 0 Å². The standard InChI is InChI=1S/C17H16F2O2S.C9H9F2N/c1-11-2-5-14(6-3-11)22(20,21)10-13-8-15(13)12-4-7-16(18)17(19)9-12;10-7-2-1-5(3-8(7)11)6-4-9(6)12/h2-7,9,13,15H,8,10H2,1H3;1-3,6,9H,4,12H2/t13-,15-;6-,9+/m00/s1. The first kappa shape index (κ1) is 24.4. The van der Waals surface area contributed by atoms with Gasteiger partial charge >= 0.3 is 0 Å².